The van der Waals surface area contributed by atoms with Gasteiger partial charge in [0.2, 0.25) is 5.91 Å². The van der Waals surface area contributed by atoms with E-state index in [2.05, 4.69) is 20.9 Å². The van der Waals surface area contributed by atoms with Gasteiger partial charge in [0.1, 0.15) is 0 Å². The molecule has 0 aliphatic rings. The summed E-state index contributed by atoms with van der Waals surface area (Å²) in [4.78, 5) is 16.3. The van der Waals surface area contributed by atoms with Crippen LogP contribution in [0.2, 0.25) is 0 Å². The summed E-state index contributed by atoms with van der Waals surface area (Å²) in [6, 6.07) is 12.9. The molecule has 0 aromatic heterocycles. The van der Waals surface area contributed by atoms with Crippen molar-refractivity contribution in [1.29, 1.82) is 0 Å². The molecule has 1 amide bonds. The number of hydrogen-bond acceptors (Lipinski definition) is 4. The van der Waals surface area contributed by atoms with Crippen LogP contribution in [-0.2, 0) is 27.7 Å². The first kappa shape index (κ1) is 23.4. The van der Waals surface area contributed by atoms with E-state index >= 15 is 0 Å². The third kappa shape index (κ3) is 6.88. The molecule has 7 nitrogen and oxygen atoms in total. The molecule has 0 heterocycles. The summed E-state index contributed by atoms with van der Waals surface area (Å²) >= 11 is 0. The Morgan fingerprint density at radius 1 is 1.00 bits per heavy atom. The zero-order chi connectivity index (χ0) is 22.3. The Hall–Kier alpha value is -2.87. The number of aryl methyl sites for hydroxylation is 1. The second kappa shape index (κ2) is 10.2. The zero-order valence-corrected chi connectivity index (χ0v) is 18.9. The number of carbonyl (C=O) groups excluding carboxylic acids is 1. The average Bonchev–Trinajstić information content (AvgIpc) is 2.68. The van der Waals surface area contributed by atoms with Gasteiger partial charge in [-0.1, -0.05) is 38.1 Å². The minimum atomic E-state index is -3.22. The second-order valence-corrected chi connectivity index (χ2v) is 9.48. The summed E-state index contributed by atoms with van der Waals surface area (Å²) in [6.07, 6.45) is 1.21. The van der Waals surface area contributed by atoms with Crippen molar-refractivity contribution in [1.82, 2.24) is 10.6 Å². The van der Waals surface area contributed by atoms with Crippen LogP contribution in [0.25, 0.3) is 0 Å². The summed E-state index contributed by atoms with van der Waals surface area (Å²) < 4.78 is 23.5. The third-order valence-electron chi connectivity index (χ3n) is 4.53. The molecule has 2 aromatic rings. The number of nitrogens with one attached hydrogen (secondary N) is 3. The van der Waals surface area contributed by atoms with Gasteiger partial charge in [-0.15, -0.1) is 0 Å². The van der Waals surface area contributed by atoms with Gasteiger partial charge < -0.3 is 16.0 Å². The number of sulfone groups is 1. The van der Waals surface area contributed by atoms with E-state index in [0.29, 0.717) is 23.9 Å². The molecule has 0 atom stereocenters. The number of rotatable bonds is 7. The zero-order valence-electron chi connectivity index (χ0n) is 18.1. The van der Waals surface area contributed by atoms with Crippen LogP contribution in [0.3, 0.4) is 0 Å². The molecule has 0 spiro atoms. The van der Waals surface area contributed by atoms with Gasteiger partial charge in [-0.05, 0) is 41.8 Å². The van der Waals surface area contributed by atoms with Gasteiger partial charge in [-0.2, -0.15) is 0 Å². The SMILES string of the molecule is CN=C(NCc1ccc(NC(=O)C(C)C)cc1)NCc1ccc(S(C)(=O)=O)c(C)c1. The fourth-order valence-corrected chi connectivity index (χ4v) is 3.78. The molecule has 2 rings (SSSR count). The Morgan fingerprint density at radius 2 is 1.57 bits per heavy atom. The highest BCUT2D eigenvalue weighted by atomic mass is 32.2. The Morgan fingerprint density at radius 3 is 2.07 bits per heavy atom. The van der Waals surface area contributed by atoms with Crippen LogP contribution in [0, 0.1) is 12.8 Å². The van der Waals surface area contributed by atoms with Gasteiger partial charge in [-0.3, -0.25) is 9.79 Å². The molecule has 0 saturated carbocycles. The largest absolute Gasteiger partial charge is 0.352 e. The van der Waals surface area contributed by atoms with Crippen molar-refractivity contribution in [2.45, 2.75) is 38.8 Å². The van der Waals surface area contributed by atoms with Gasteiger partial charge in [0.15, 0.2) is 15.8 Å². The van der Waals surface area contributed by atoms with E-state index in [0.717, 1.165) is 22.4 Å². The molecule has 0 unspecified atom stereocenters. The Balaban J connectivity index is 1.89. The number of guanidine groups is 1. The Bertz CT molecular complexity index is 1010. The number of hydrogen-bond donors (Lipinski definition) is 3. The van der Waals surface area contributed by atoms with Crippen LogP contribution in [0.15, 0.2) is 52.4 Å². The van der Waals surface area contributed by atoms with E-state index in [-0.39, 0.29) is 11.8 Å². The molecule has 2 aromatic carbocycles. The summed E-state index contributed by atoms with van der Waals surface area (Å²) in [7, 11) is -1.53. The lowest BCUT2D eigenvalue weighted by Crippen LogP contribution is -2.36. The van der Waals surface area contributed by atoms with Crippen molar-refractivity contribution in [3.05, 3.63) is 59.2 Å². The summed E-state index contributed by atoms with van der Waals surface area (Å²) in [5, 5.41) is 9.33. The maximum Gasteiger partial charge on any atom is 0.226 e. The van der Waals surface area contributed by atoms with Crippen molar-refractivity contribution in [2.24, 2.45) is 10.9 Å². The first-order chi connectivity index (χ1) is 14.1. The second-order valence-electron chi connectivity index (χ2n) is 7.49. The minimum absolute atomic E-state index is 0.00900. The van der Waals surface area contributed by atoms with E-state index in [1.165, 1.54) is 6.26 Å². The van der Waals surface area contributed by atoms with Crippen LogP contribution in [0.1, 0.15) is 30.5 Å². The number of amides is 1. The molecule has 0 fully saturated rings. The van der Waals surface area contributed by atoms with Crippen molar-refractivity contribution >= 4 is 27.4 Å². The Labute approximate surface area is 178 Å². The van der Waals surface area contributed by atoms with E-state index in [9.17, 15) is 13.2 Å². The lowest BCUT2D eigenvalue weighted by molar-refractivity contribution is -0.118. The summed E-state index contributed by atoms with van der Waals surface area (Å²) in [5.74, 6) is 0.564. The molecule has 0 radical (unpaired) electrons. The number of anilines is 1. The quantitative estimate of drug-likeness (QED) is 0.463. The number of carbonyl (C=O) groups is 1. The molecular weight excluding hydrogens is 400 g/mol. The first-order valence-corrected chi connectivity index (χ1v) is 11.6. The van der Waals surface area contributed by atoms with Crippen molar-refractivity contribution in [2.75, 3.05) is 18.6 Å². The third-order valence-corrected chi connectivity index (χ3v) is 5.79. The normalized spacial score (nSPS) is 12.0. The summed E-state index contributed by atoms with van der Waals surface area (Å²) in [6.45, 7) is 6.59. The molecule has 8 heteroatoms. The van der Waals surface area contributed by atoms with Crippen LogP contribution in [-0.4, -0.2) is 33.6 Å². The number of aliphatic imine (C=N–C) groups is 1. The topological polar surface area (TPSA) is 99.7 Å². The molecular formula is C22H30N4O3S. The monoisotopic (exact) mass is 430 g/mol. The van der Waals surface area contributed by atoms with Gasteiger partial charge >= 0.3 is 0 Å². The van der Waals surface area contributed by atoms with Crippen molar-refractivity contribution in [3.63, 3.8) is 0 Å². The van der Waals surface area contributed by atoms with Gasteiger partial charge in [0, 0.05) is 38.0 Å². The maximum absolute atomic E-state index is 11.8. The van der Waals surface area contributed by atoms with E-state index in [1.54, 1.807) is 26.1 Å². The van der Waals surface area contributed by atoms with Crippen molar-refractivity contribution < 1.29 is 13.2 Å². The van der Waals surface area contributed by atoms with Crippen LogP contribution >= 0.6 is 0 Å². The average molecular weight is 431 g/mol. The van der Waals surface area contributed by atoms with E-state index < -0.39 is 9.84 Å². The van der Waals surface area contributed by atoms with E-state index in [1.807, 2.05) is 44.2 Å². The minimum Gasteiger partial charge on any atom is -0.352 e. The van der Waals surface area contributed by atoms with E-state index in [4.69, 9.17) is 0 Å². The van der Waals surface area contributed by atoms with Crippen LogP contribution in [0.5, 0.6) is 0 Å². The van der Waals surface area contributed by atoms with Crippen LogP contribution in [0.4, 0.5) is 5.69 Å². The maximum atomic E-state index is 11.8. The number of benzene rings is 2. The molecule has 0 bridgehead atoms. The Kier molecular flexibility index (Phi) is 8.00. The van der Waals surface area contributed by atoms with Gasteiger partial charge in [0.25, 0.3) is 0 Å². The fourth-order valence-electron chi connectivity index (χ4n) is 2.82. The summed E-state index contributed by atoms with van der Waals surface area (Å²) in [5.41, 5.74) is 3.51. The smallest absolute Gasteiger partial charge is 0.226 e. The highest BCUT2D eigenvalue weighted by Crippen LogP contribution is 2.16. The fraction of sp³-hybridized carbons (Fsp3) is 0.364. The highest BCUT2D eigenvalue weighted by Gasteiger charge is 2.11. The molecule has 162 valence electrons. The molecule has 30 heavy (non-hydrogen) atoms. The predicted molar refractivity (Wildman–Crippen MR) is 121 cm³/mol. The van der Waals surface area contributed by atoms with Crippen molar-refractivity contribution in [3.8, 4) is 0 Å². The van der Waals surface area contributed by atoms with Gasteiger partial charge in [-0.25, -0.2) is 8.42 Å². The molecule has 3 N–H and O–H groups in total. The number of nitrogens with zero attached hydrogens (tertiary/aromatic N) is 1. The van der Waals surface area contributed by atoms with Gasteiger partial charge in [0.05, 0.1) is 4.90 Å². The lowest BCUT2D eigenvalue weighted by Gasteiger charge is -2.13. The van der Waals surface area contributed by atoms with Crippen LogP contribution < -0.4 is 16.0 Å². The standard InChI is InChI=1S/C22H30N4O3S/c1-15(2)21(27)26-19-9-6-17(7-10-19)13-24-22(23-4)25-14-18-8-11-20(16(3)12-18)30(5,28)29/h6-12,15H,13-14H2,1-5H3,(H,26,27)(H2,23,24,25). The molecule has 0 aliphatic heterocycles. The molecule has 0 aliphatic carbocycles. The first-order valence-electron chi connectivity index (χ1n) is 9.74. The lowest BCUT2D eigenvalue weighted by atomic mass is 10.1. The molecule has 0 saturated heterocycles. The highest BCUT2D eigenvalue weighted by molar-refractivity contribution is 7.90. The predicted octanol–water partition coefficient (Wildman–Crippen LogP) is 2.86.